The number of likely N-dealkylation sites (tertiary alicyclic amines) is 1. The fourth-order valence-corrected chi connectivity index (χ4v) is 4.23. The van der Waals surface area contributed by atoms with E-state index in [1.807, 2.05) is 6.07 Å². The lowest BCUT2D eigenvalue weighted by molar-refractivity contribution is 0.163. The van der Waals surface area contributed by atoms with E-state index in [0.717, 1.165) is 37.5 Å². The third-order valence-electron chi connectivity index (χ3n) is 5.85. The van der Waals surface area contributed by atoms with Crippen molar-refractivity contribution in [3.63, 3.8) is 0 Å². The van der Waals surface area contributed by atoms with Gasteiger partial charge in [-0.3, -0.25) is 5.41 Å². The summed E-state index contributed by atoms with van der Waals surface area (Å²) >= 11 is 0. The Hall–Kier alpha value is -2.13. The standard InChI is InChI=1S/C24H33N3/c1-3-24(25)27(23-14-8-5-9-15-23)20(2)22-13-10-17-26(19-22)18-16-21-11-6-4-7-12-21/h4-9,11-12,14-15,20,22,25H,3,10,13,16-19H2,1-2H3. The molecule has 0 amide bonds. The molecule has 3 rings (SSSR count). The smallest absolute Gasteiger partial charge is 0.100 e. The van der Waals surface area contributed by atoms with Crippen molar-refractivity contribution in [2.75, 3.05) is 24.5 Å². The third-order valence-corrected chi connectivity index (χ3v) is 5.85. The van der Waals surface area contributed by atoms with Crippen molar-refractivity contribution < 1.29 is 0 Å². The monoisotopic (exact) mass is 363 g/mol. The van der Waals surface area contributed by atoms with Gasteiger partial charge < -0.3 is 9.80 Å². The molecule has 0 spiro atoms. The lowest BCUT2D eigenvalue weighted by Crippen LogP contribution is -2.48. The molecule has 3 heteroatoms. The van der Waals surface area contributed by atoms with Crippen LogP contribution in [0.25, 0.3) is 0 Å². The van der Waals surface area contributed by atoms with Gasteiger partial charge in [-0.05, 0) is 56.3 Å². The van der Waals surface area contributed by atoms with E-state index in [4.69, 9.17) is 5.41 Å². The zero-order valence-electron chi connectivity index (χ0n) is 16.8. The highest BCUT2D eigenvalue weighted by molar-refractivity contribution is 5.95. The Kier molecular flexibility index (Phi) is 7.05. The summed E-state index contributed by atoms with van der Waals surface area (Å²) in [6.45, 7) is 7.85. The first-order chi connectivity index (χ1) is 13.2. The average Bonchev–Trinajstić information content (AvgIpc) is 2.74. The minimum Gasteiger partial charge on any atom is -0.327 e. The van der Waals surface area contributed by atoms with Crippen LogP contribution in [0.1, 0.15) is 38.7 Å². The Morgan fingerprint density at radius 1 is 1.11 bits per heavy atom. The summed E-state index contributed by atoms with van der Waals surface area (Å²) in [5.74, 6) is 1.32. The number of anilines is 1. The van der Waals surface area contributed by atoms with Crippen LogP contribution < -0.4 is 4.90 Å². The number of piperidine rings is 1. The molecule has 1 heterocycles. The number of para-hydroxylation sites is 1. The van der Waals surface area contributed by atoms with E-state index in [0.29, 0.717) is 12.0 Å². The molecule has 2 unspecified atom stereocenters. The molecule has 1 fully saturated rings. The molecule has 2 atom stereocenters. The Morgan fingerprint density at radius 2 is 1.78 bits per heavy atom. The van der Waals surface area contributed by atoms with Crippen LogP contribution in [0, 0.1) is 11.3 Å². The predicted octanol–water partition coefficient (Wildman–Crippen LogP) is 5.22. The highest BCUT2D eigenvalue weighted by atomic mass is 15.2. The summed E-state index contributed by atoms with van der Waals surface area (Å²) in [6.07, 6.45) is 4.40. The van der Waals surface area contributed by atoms with E-state index in [2.05, 4.69) is 78.2 Å². The fourth-order valence-electron chi connectivity index (χ4n) is 4.23. The van der Waals surface area contributed by atoms with Crippen LogP contribution >= 0.6 is 0 Å². The first-order valence-electron chi connectivity index (χ1n) is 10.4. The van der Waals surface area contributed by atoms with E-state index in [1.165, 1.54) is 24.9 Å². The molecule has 0 radical (unpaired) electrons. The number of amidine groups is 1. The Morgan fingerprint density at radius 3 is 2.44 bits per heavy atom. The second kappa shape index (κ2) is 9.70. The molecule has 1 N–H and O–H groups in total. The van der Waals surface area contributed by atoms with Crippen molar-refractivity contribution in [3.8, 4) is 0 Å². The maximum atomic E-state index is 8.54. The van der Waals surface area contributed by atoms with Crippen LogP contribution in [-0.2, 0) is 6.42 Å². The van der Waals surface area contributed by atoms with Crippen molar-refractivity contribution in [1.82, 2.24) is 4.90 Å². The fraction of sp³-hybridized carbons (Fsp3) is 0.458. The minimum atomic E-state index is 0.347. The lowest BCUT2D eigenvalue weighted by Gasteiger charge is -2.41. The van der Waals surface area contributed by atoms with Crippen molar-refractivity contribution in [2.24, 2.45) is 5.92 Å². The van der Waals surface area contributed by atoms with Gasteiger partial charge in [0.05, 0.1) is 0 Å². The summed E-state index contributed by atoms with van der Waals surface area (Å²) in [5, 5.41) is 8.54. The lowest BCUT2D eigenvalue weighted by atomic mass is 9.89. The summed E-state index contributed by atoms with van der Waals surface area (Å²) in [7, 11) is 0. The molecule has 2 aromatic rings. The van der Waals surface area contributed by atoms with Gasteiger partial charge in [0.2, 0.25) is 0 Å². The molecule has 0 aromatic heterocycles. The molecule has 144 valence electrons. The molecule has 2 aromatic carbocycles. The predicted molar refractivity (Wildman–Crippen MR) is 116 cm³/mol. The average molecular weight is 364 g/mol. The van der Waals surface area contributed by atoms with Gasteiger partial charge in [0, 0.05) is 31.2 Å². The van der Waals surface area contributed by atoms with E-state index in [-0.39, 0.29) is 0 Å². The number of rotatable bonds is 7. The quantitative estimate of drug-likeness (QED) is 0.540. The van der Waals surface area contributed by atoms with Crippen LogP contribution in [0.4, 0.5) is 5.69 Å². The van der Waals surface area contributed by atoms with Crippen molar-refractivity contribution in [1.29, 1.82) is 5.41 Å². The molecule has 0 aliphatic carbocycles. The minimum absolute atomic E-state index is 0.347. The topological polar surface area (TPSA) is 30.3 Å². The zero-order chi connectivity index (χ0) is 19.1. The van der Waals surface area contributed by atoms with Gasteiger partial charge in [-0.2, -0.15) is 0 Å². The van der Waals surface area contributed by atoms with Gasteiger partial charge in [0.25, 0.3) is 0 Å². The highest BCUT2D eigenvalue weighted by Gasteiger charge is 2.30. The number of hydrogen-bond donors (Lipinski definition) is 1. The van der Waals surface area contributed by atoms with Crippen molar-refractivity contribution >= 4 is 11.5 Å². The van der Waals surface area contributed by atoms with Crippen molar-refractivity contribution in [3.05, 3.63) is 66.2 Å². The van der Waals surface area contributed by atoms with E-state index < -0.39 is 0 Å². The van der Waals surface area contributed by atoms with Gasteiger partial charge in [-0.1, -0.05) is 55.5 Å². The number of benzene rings is 2. The van der Waals surface area contributed by atoms with Gasteiger partial charge >= 0.3 is 0 Å². The molecule has 0 bridgehead atoms. The summed E-state index contributed by atoms with van der Waals surface area (Å²) in [4.78, 5) is 4.88. The highest BCUT2D eigenvalue weighted by Crippen LogP contribution is 2.28. The number of nitrogens with one attached hydrogen (secondary N) is 1. The zero-order valence-corrected chi connectivity index (χ0v) is 16.8. The van der Waals surface area contributed by atoms with Gasteiger partial charge in [0.1, 0.15) is 5.84 Å². The maximum absolute atomic E-state index is 8.54. The largest absolute Gasteiger partial charge is 0.327 e. The second-order valence-corrected chi connectivity index (χ2v) is 7.68. The van der Waals surface area contributed by atoms with Crippen LogP contribution in [0.15, 0.2) is 60.7 Å². The van der Waals surface area contributed by atoms with Gasteiger partial charge in [0.15, 0.2) is 0 Å². The Labute approximate surface area is 164 Å². The van der Waals surface area contributed by atoms with E-state index >= 15 is 0 Å². The van der Waals surface area contributed by atoms with Crippen molar-refractivity contribution in [2.45, 2.75) is 45.6 Å². The second-order valence-electron chi connectivity index (χ2n) is 7.68. The SMILES string of the molecule is CCC(=N)N(c1ccccc1)C(C)C1CCCN(CCc2ccccc2)C1. The number of hydrogen-bond acceptors (Lipinski definition) is 2. The first-order valence-corrected chi connectivity index (χ1v) is 10.4. The third kappa shape index (κ3) is 5.20. The van der Waals surface area contributed by atoms with Crippen LogP contribution in [-0.4, -0.2) is 36.4 Å². The molecule has 1 saturated heterocycles. The van der Waals surface area contributed by atoms with Crippen LogP contribution in [0.3, 0.4) is 0 Å². The Balaban J connectivity index is 1.65. The van der Waals surface area contributed by atoms with Crippen LogP contribution in [0.2, 0.25) is 0 Å². The molecular formula is C24H33N3. The first kappa shape index (κ1) is 19.6. The molecular weight excluding hydrogens is 330 g/mol. The van der Waals surface area contributed by atoms with Gasteiger partial charge in [-0.25, -0.2) is 0 Å². The molecule has 1 aliphatic heterocycles. The maximum Gasteiger partial charge on any atom is 0.100 e. The van der Waals surface area contributed by atoms with Crippen LogP contribution in [0.5, 0.6) is 0 Å². The van der Waals surface area contributed by atoms with E-state index in [9.17, 15) is 0 Å². The van der Waals surface area contributed by atoms with E-state index in [1.54, 1.807) is 0 Å². The number of nitrogens with zero attached hydrogens (tertiary/aromatic N) is 2. The molecule has 3 nitrogen and oxygen atoms in total. The Bertz CT molecular complexity index is 698. The normalized spacial score (nSPS) is 18.8. The summed E-state index contributed by atoms with van der Waals surface area (Å²) < 4.78 is 0. The van der Waals surface area contributed by atoms with Gasteiger partial charge in [-0.15, -0.1) is 0 Å². The molecule has 1 aliphatic rings. The summed E-state index contributed by atoms with van der Waals surface area (Å²) in [5.41, 5.74) is 2.57. The molecule has 0 saturated carbocycles. The summed E-state index contributed by atoms with van der Waals surface area (Å²) in [6, 6.07) is 21.6. The molecule has 27 heavy (non-hydrogen) atoms.